The summed E-state index contributed by atoms with van der Waals surface area (Å²) in [4.78, 5) is 13.6. The van der Waals surface area contributed by atoms with Crippen molar-refractivity contribution in [3.8, 4) is 0 Å². The molecule has 1 aliphatic heterocycles. The Morgan fingerprint density at radius 3 is 3.05 bits per heavy atom. The summed E-state index contributed by atoms with van der Waals surface area (Å²) in [6, 6.07) is 4.10. The quantitative estimate of drug-likeness (QED) is 0.892. The number of nitrogens with zero attached hydrogens (tertiary/aromatic N) is 1. The molecule has 0 saturated carbocycles. The number of rotatable bonds is 3. The van der Waals surface area contributed by atoms with E-state index in [0.717, 1.165) is 25.5 Å². The first-order valence-corrected chi connectivity index (χ1v) is 6.58. The molecular weight excluding hydrogens is 271 g/mol. The molecule has 0 spiro atoms. The van der Waals surface area contributed by atoms with E-state index in [0.29, 0.717) is 6.54 Å². The maximum atomic E-state index is 13.5. The number of nitrogens with one attached hydrogen (secondary N) is 1. The molecule has 19 heavy (non-hydrogen) atoms. The van der Waals surface area contributed by atoms with Crippen molar-refractivity contribution < 1.29 is 14.3 Å². The third-order valence-electron chi connectivity index (χ3n) is 3.05. The Kier molecular flexibility index (Phi) is 4.74. The number of anilines is 1. The fraction of sp³-hybridized carbons (Fsp3) is 0.462. The molecule has 1 atom stereocenters. The predicted octanol–water partition coefficient (Wildman–Crippen LogP) is 1.87. The van der Waals surface area contributed by atoms with Gasteiger partial charge in [0.25, 0.3) is 0 Å². The number of benzene rings is 1. The zero-order chi connectivity index (χ0) is 13.8. The van der Waals surface area contributed by atoms with Crippen LogP contribution in [0.5, 0.6) is 0 Å². The molecule has 1 fully saturated rings. The van der Waals surface area contributed by atoms with E-state index in [1.54, 1.807) is 0 Å². The maximum Gasteiger partial charge on any atom is 0.238 e. The Morgan fingerprint density at radius 2 is 2.37 bits per heavy atom. The fourth-order valence-corrected chi connectivity index (χ4v) is 2.32. The molecule has 0 aromatic heterocycles. The van der Waals surface area contributed by atoms with Crippen LogP contribution in [0, 0.1) is 5.82 Å². The van der Waals surface area contributed by atoms with Crippen LogP contribution in [0.3, 0.4) is 0 Å². The van der Waals surface area contributed by atoms with Gasteiger partial charge in [0.1, 0.15) is 5.82 Å². The number of likely N-dealkylation sites (tertiary alicyclic amines) is 1. The Hall–Kier alpha value is -1.17. The normalized spacial score (nSPS) is 20.3. The van der Waals surface area contributed by atoms with E-state index in [1.807, 2.05) is 4.90 Å². The number of aliphatic hydroxyl groups is 1. The first kappa shape index (κ1) is 14.2. The smallest absolute Gasteiger partial charge is 0.238 e. The van der Waals surface area contributed by atoms with E-state index in [9.17, 15) is 14.3 Å². The summed E-state index contributed by atoms with van der Waals surface area (Å²) in [5.41, 5.74) is 0.118. The molecule has 1 aromatic carbocycles. The Labute approximate surface area is 116 Å². The lowest BCUT2D eigenvalue weighted by atomic mass is 10.1. The Bertz CT molecular complexity index is 470. The van der Waals surface area contributed by atoms with E-state index in [2.05, 4.69) is 5.32 Å². The average Bonchev–Trinajstić information content (AvgIpc) is 2.33. The van der Waals surface area contributed by atoms with Crippen molar-refractivity contribution in [3.63, 3.8) is 0 Å². The molecule has 1 aromatic rings. The first-order valence-electron chi connectivity index (χ1n) is 6.20. The van der Waals surface area contributed by atoms with E-state index >= 15 is 0 Å². The number of piperidine rings is 1. The number of carbonyl (C=O) groups excluding carboxylic acids is 1. The number of carbonyl (C=O) groups is 1. The van der Waals surface area contributed by atoms with Crippen LogP contribution in [0.15, 0.2) is 18.2 Å². The molecule has 0 aliphatic carbocycles. The summed E-state index contributed by atoms with van der Waals surface area (Å²) < 4.78 is 13.5. The first-order chi connectivity index (χ1) is 9.04. The average molecular weight is 287 g/mol. The van der Waals surface area contributed by atoms with Crippen LogP contribution in [0.2, 0.25) is 5.02 Å². The standard InChI is InChI=1S/C13H16ClFN2O2/c14-9-3-4-12(11(15)6-9)16-13(19)8-17-5-1-2-10(18)7-17/h3-4,6,10,18H,1-2,5,7-8H2,(H,16,19). The van der Waals surface area contributed by atoms with Crippen molar-refractivity contribution in [2.24, 2.45) is 0 Å². The van der Waals surface area contributed by atoms with E-state index in [-0.39, 0.29) is 29.3 Å². The summed E-state index contributed by atoms with van der Waals surface area (Å²) in [7, 11) is 0. The molecule has 2 rings (SSSR count). The third-order valence-corrected chi connectivity index (χ3v) is 3.29. The summed E-state index contributed by atoms with van der Waals surface area (Å²) in [6.45, 7) is 1.41. The van der Waals surface area contributed by atoms with E-state index in [1.165, 1.54) is 12.1 Å². The van der Waals surface area contributed by atoms with Crippen LogP contribution < -0.4 is 5.32 Å². The monoisotopic (exact) mass is 286 g/mol. The van der Waals surface area contributed by atoms with Crippen molar-refractivity contribution in [3.05, 3.63) is 29.0 Å². The van der Waals surface area contributed by atoms with Crippen LogP contribution in [-0.4, -0.2) is 41.7 Å². The number of halogens is 2. The molecular formula is C13H16ClFN2O2. The van der Waals surface area contributed by atoms with Crippen molar-refractivity contribution in [1.29, 1.82) is 0 Å². The Morgan fingerprint density at radius 1 is 1.58 bits per heavy atom. The lowest BCUT2D eigenvalue weighted by Crippen LogP contribution is -2.42. The van der Waals surface area contributed by atoms with Gasteiger partial charge in [-0.1, -0.05) is 11.6 Å². The predicted molar refractivity (Wildman–Crippen MR) is 71.7 cm³/mol. The maximum absolute atomic E-state index is 13.5. The van der Waals surface area contributed by atoms with Gasteiger partial charge in [0, 0.05) is 11.6 Å². The molecule has 104 valence electrons. The van der Waals surface area contributed by atoms with Crippen LogP contribution in [0.1, 0.15) is 12.8 Å². The van der Waals surface area contributed by atoms with E-state index < -0.39 is 5.82 Å². The van der Waals surface area contributed by atoms with Gasteiger partial charge in [0.15, 0.2) is 0 Å². The van der Waals surface area contributed by atoms with Crippen molar-refractivity contribution >= 4 is 23.2 Å². The zero-order valence-corrected chi connectivity index (χ0v) is 11.2. The van der Waals surface area contributed by atoms with Gasteiger partial charge in [-0.25, -0.2) is 4.39 Å². The van der Waals surface area contributed by atoms with Gasteiger partial charge in [0.2, 0.25) is 5.91 Å². The van der Waals surface area contributed by atoms with Gasteiger partial charge in [-0.15, -0.1) is 0 Å². The van der Waals surface area contributed by atoms with Gasteiger partial charge < -0.3 is 10.4 Å². The number of β-amino-alcohol motifs (C(OH)–C–C–N with tert-alkyl or cyclic N) is 1. The molecule has 1 unspecified atom stereocenters. The second kappa shape index (κ2) is 6.32. The van der Waals surface area contributed by atoms with Gasteiger partial charge >= 0.3 is 0 Å². The number of aliphatic hydroxyl groups excluding tert-OH is 1. The molecule has 4 nitrogen and oxygen atoms in total. The molecule has 1 aliphatic rings. The summed E-state index contributed by atoms with van der Waals surface area (Å²) in [5, 5.41) is 12.3. The molecule has 0 radical (unpaired) electrons. The number of amides is 1. The number of hydrogen-bond acceptors (Lipinski definition) is 3. The molecule has 1 heterocycles. The van der Waals surface area contributed by atoms with Gasteiger partial charge in [-0.05, 0) is 37.6 Å². The lowest BCUT2D eigenvalue weighted by Gasteiger charge is -2.29. The fourth-order valence-electron chi connectivity index (χ4n) is 2.16. The molecule has 1 saturated heterocycles. The minimum absolute atomic E-state index is 0.118. The van der Waals surface area contributed by atoms with Crippen molar-refractivity contribution in [1.82, 2.24) is 4.90 Å². The highest BCUT2D eigenvalue weighted by molar-refractivity contribution is 6.30. The number of hydrogen-bond donors (Lipinski definition) is 2. The second-order valence-electron chi connectivity index (χ2n) is 4.70. The highest BCUT2D eigenvalue weighted by Crippen LogP contribution is 2.19. The SMILES string of the molecule is O=C(CN1CCCC(O)C1)Nc1ccc(Cl)cc1F. The molecule has 1 amide bonds. The highest BCUT2D eigenvalue weighted by Gasteiger charge is 2.20. The van der Waals surface area contributed by atoms with Crippen LogP contribution in [0.4, 0.5) is 10.1 Å². The van der Waals surface area contributed by atoms with Crippen LogP contribution in [0.25, 0.3) is 0 Å². The largest absolute Gasteiger partial charge is 0.392 e. The van der Waals surface area contributed by atoms with Gasteiger partial charge in [-0.3, -0.25) is 9.69 Å². The molecule has 0 bridgehead atoms. The van der Waals surface area contributed by atoms with Gasteiger partial charge in [0.05, 0.1) is 18.3 Å². The second-order valence-corrected chi connectivity index (χ2v) is 5.14. The van der Waals surface area contributed by atoms with Gasteiger partial charge in [-0.2, -0.15) is 0 Å². The molecule has 6 heteroatoms. The van der Waals surface area contributed by atoms with Crippen LogP contribution >= 0.6 is 11.6 Å². The third kappa shape index (κ3) is 4.16. The zero-order valence-electron chi connectivity index (χ0n) is 10.4. The molecule has 2 N–H and O–H groups in total. The highest BCUT2D eigenvalue weighted by atomic mass is 35.5. The Balaban J connectivity index is 1.90. The van der Waals surface area contributed by atoms with Crippen LogP contribution in [-0.2, 0) is 4.79 Å². The van der Waals surface area contributed by atoms with E-state index in [4.69, 9.17) is 11.6 Å². The topological polar surface area (TPSA) is 52.6 Å². The minimum Gasteiger partial charge on any atom is -0.392 e. The summed E-state index contributed by atoms with van der Waals surface area (Å²) >= 11 is 5.64. The minimum atomic E-state index is -0.556. The lowest BCUT2D eigenvalue weighted by molar-refractivity contribution is -0.118. The van der Waals surface area contributed by atoms with Crippen molar-refractivity contribution in [2.45, 2.75) is 18.9 Å². The summed E-state index contributed by atoms with van der Waals surface area (Å²) in [5.74, 6) is -0.852. The summed E-state index contributed by atoms with van der Waals surface area (Å²) in [6.07, 6.45) is 1.25. The van der Waals surface area contributed by atoms with Crippen molar-refractivity contribution in [2.75, 3.05) is 25.0 Å².